The molecule has 0 fully saturated rings. The minimum Gasteiger partial charge on any atom is -0.481 e. The first-order valence-electron chi connectivity index (χ1n) is 4.61. The molecular formula is C8H17NO5S. The van der Waals surface area contributed by atoms with Crippen LogP contribution in [-0.4, -0.2) is 43.0 Å². The molecule has 0 aromatic carbocycles. The lowest BCUT2D eigenvalue weighted by Crippen LogP contribution is -2.39. The van der Waals surface area contributed by atoms with E-state index in [0.717, 1.165) is 0 Å². The summed E-state index contributed by atoms with van der Waals surface area (Å²) in [6.07, 6.45) is -0.421. The molecular weight excluding hydrogens is 222 g/mol. The summed E-state index contributed by atoms with van der Waals surface area (Å²) in [5.74, 6) is -1.79. The standard InChI is InChI=1S/C8H17NO5S/c1-6(5-10)7(2)9-15(13,14)4-3-8(11)12/h6-7,9-10H,3-5H2,1-2H3,(H,11,12). The molecule has 0 rings (SSSR count). The van der Waals surface area contributed by atoms with Crippen LogP contribution in [0.5, 0.6) is 0 Å². The van der Waals surface area contributed by atoms with E-state index in [9.17, 15) is 13.2 Å². The van der Waals surface area contributed by atoms with E-state index in [-0.39, 0.29) is 12.5 Å². The smallest absolute Gasteiger partial charge is 0.304 e. The molecule has 0 spiro atoms. The van der Waals surface area contributed by atoms with Crippen molar-refractivity contribution in [2.45, 2.75) is 26.3 Å². The van der Waals surface area contributed by atoms with Gasteiger partial charge >= 0.3 is 5.97 Å². The van der Waals surface area contributed by atoms with Crippen LogP contribution in [0.25, 0.3) is 0 Å². The number of carboxylic acids is 1. The highest BCUT2D eigenvalue weighted by Gasteiger charge is 2.19. The Balaban J connectivity index is 4.20. The molecule has 15 heavy (non-hydrogen) atoms. The van der Waals surface area contributed by atoms with Crippen molar-refractivity contribution < 1.29 is 23.4 Å². The lowest BCUT2D eigenvalue weighted by Gasteiger charge is -2.18. The first-order valence-corrected chi connectivity index (χ1v) is 6.26. The zero-order chi connectivity index (χ0) is 12.1. The lowest BCUT2D eigenvalue weighted by molar-refractivity contribution is -0.136. The third kappa shape index (κ3) is 6.43. The van der Waals surface area contributed by atoms with Gasteiger partial charge in [0.15, 0.2) is 0 Å². The molecule has 90 valence electrons. The van der Waals surface area contributed by atoms with E-state index < -0.39 is 34.2 Å². The van der Waals surface area contributed by atoms with Crippen LogP contribution in [0.3, 0.4) is 0 Å². The van der Waals surface area contributed by atoms with Crippen molar-refractivity contribution in [1.82, 2.24) is 4.72 Å². The van der Waals surface area contributed by atoms with Gasteiger partial charge in [-0.3, -0.25) is 4.79 Å². The number of nitrogens with one attached hydrogen (secondary N) is 1. The van der Waals surface area contributed by atoms with Crippen molar-refractivity contribution in [2.24, 2.45) is 5.92 Å². The molecule has 0 saturated heterocycles. The molecule has 6 nitrogen and oxygen atoms in total. The molecule has 2 unspecified atom stereocenters. The highest BCUT2D eigenvalue weighted by Crippen LogP contribution is 2.03. The summed E-state index contributed by atoms with van der Waals surface area (Å²) in [4.78, 5) is 10.2. The molecule has 0 aliphatic heterocycles. The summed E-state index contributed by atoms with van der Waals surface area (Å²) in [7, 11) is -3.57. The van der Waals surface area contributed by atoms with Gasteiger partial charge in [0.25, 0.3) is 0 Å². The van der Waals surface area contributed by atoms with Crippen molar-refractivity contribution in [3.05, 3.63) is 0 Å². The SMILES string of the molecule is CC(CO)C(C)NS(=O)(=O)CCC(=O)O. The Morgan fingerprint density at radius 3 is 2.33 bits per heavy atom. The second-order valence-corrected chi connectivity index (χ2v) is 5.40. The number of sulfonamides is 1. The molecule has 0 bridgehead atoms. The molecule has 7 heteroatoms. The normalized spacial score (nSPS) is 15.9. The summed E-state index contributed by atoms with van der Waals surface area (Å²) in [6.45, 7) is 3.20. The first kappa shape index (κ1) is 14.3. The van der Waals surface area contributed by atoms with E-state index in [0.29, 0.717) is 0 Å². The van der Waals surface area contributed by atoms with Crippen LogP contribution in [0.4, 0.5) is 0 Å². The van der Waals surface area contributed by atoms with Gasteiger partial charge in [0.1, 0.15) is 0 Å². The monoisotopic (exact) mass is 239 g/mol. The molecule has 0 aliphatic carbocycles. The number of hydrogen-bond acceptors (Lipinski definition) is 4. The summed E-state index contributed by atoms with van der Waals surface area (Å²) >= 11 is 0. The molecule has 0 heterocycles. The fourth-order valence-electron chi connectivity index (χ4n) is 0.838. The number of carboxylic acid groups (broad SMARTS) is 1. The summed E-state index contributed by atoms with van der Waals surface area (Å²) in [6, 6.07) is -0.409. The molecule has 0 aliphatic rings. The van der Waals surface area contributed by atoms with E-state index >= 15 is 0 Å². The number of hydrogen-bond donors (Lipinski definition) is 3. The topological polar surface area (TPSA) is 104 Å². The molecule has 0 radical (unpaired) electrons. The van der Waals surface area contributed by atoms with Crippen LogP contribution in [0.15, 0.2) is 0 Å². The summed E-state index contributed by atoms with van der Waals surface area (Å²) in [5, 5.41) is 17.1. The Hall–Kier alpha value is -0.660. The minimum absolute atomic E-state index is 0.122. The molecule has 0 aromatic rings. The van der Waals surface area contributed by atoms with Crippen molar-refractivity contribution in [2.75, 3.05) is 12.4 Å². The van der Waals surface area contributed by atoms with Crippen molar-refractivity contribution in [3.63, 3.8) is 0 Å². The molecule has 0 amide bonds. The van der Waals surface area contributed by atoms with E-state index in [2.05, 4.69) is 4.72 Å². The Kier molecular flexibility index (Phi) is 5.77. The van der Waals surface area contributed by atoms with Gasteiger partial charge in [-0.1, -0.05) is 6.92 Å². The molecule has 0 aromatic heterocycles. The molecule has 3 N–H and O–H groups in total. The maximum absolute atomic E-state index is 11.3. The second-order valence-electron chi connectivity index (χ2n) is 3.53. The average molecular weight is 239 g/mol. The highest BCUT2D eigenvalue weighted by molar-refractivity contribution is 7.89. The number of aliphatic carboxylic acids is 1. The van der Waals surface area contributed by atoms with Gasteiger partial charge < -0.3 is 10.2 Å². The van der Waals surface area contributed by atoms with Gasteiger partial charge in [0.05, 0.1) is 12.2 Å². The quantitative estimate of drug-likeness (QED) is 0.550. The van der Waals surface area contributed by atoms with Crippen LogP contribution < -0.4 is 4.72 Å². The Morgan fingerprint density at radius 2 is 1.93 bits per heavy atom. The number of aliphatic hydroxyl groups excluding tert-OH is 1. The van der Waals surface area contributed by atoms with Gasteiger partial charge in [-0.15, -0.1) is 0 Å². The van der Waals surface area contributed by atoms with Crippen LogP contribution >= 0.6 is 0 Å². The van der Waals surface area contributed by atoms with E-state index in [1.54, 1.807) is 13.8 Å². The van der Waals surface area contributed by atoms with Gasteiger partial charge in [-0.2, -0.15) is 0 Å². The first-order chi connectivity index (χ1) is 6.78. The fourth-order valence-corrected chi connectivity index (χ4v) is 2.20. The predicted molar refractivity (Wildman–Crippen MR) is 54.9 cm³/mol. The van der Waals surface area contributed by atoms with Crippen LogP contribution in [0, 0.1) is 5.92 Å². The van der Waals surface area contributed by atoms with Crippen LogP contribution in [-0.2, 0) is 14.8 Å². The second kappa shape index (κ2) is 6.04. The van der Waals surface area contributed by atoms with Crippen molar-refractivity contribution in [3.8, 4) is 0 Å². The minimum atomic E-state index is -3.57. The summed E-state index contributed by atoms with van der Waals surface area (Å²) < 4.78 is 24.9. The van der Waals surface area contributed by atoms with Crippen LogP contribution in [0.2, 0.25) is 0 Å². The van der Waals surface area contributed by atoms with E-state index in [1.165, 1.54) is 0 Å². The third-order valence-electron chi connectivity index (χ3n) is 2.09. The highest BCUT2D eigenvalue weighted by atomic mass is 32.2. The zero-order valence-corrected chi connectivity index (χ0v) is 9.62. The van der Waals surface area contributed by atoms with Gasteiger partial charge in [-0.25, -0.2) is 13.1 Å². The predicted octanol–water partition coefficient (Wildman–Crippen LogP) is -0.603. The van der Waals surface area contributed by atoms with Gasteiger partial charge in [0.2, 0.25) is 10.0 Å². The Morgan fingerprint density at radius 1 is 1.40 bits per heavy atom. The Bertz CT molecular complexity index is 300. The number of rotatable bonds is 7. The van der Waals surface area contributed by atoms with Crippen LogP contribution in [0.1, 0.15) is 20.3 Å². The Labute approximate surface area is 89.4 Å². The van der Waals surface area contributed by atoms with Gasteiger partial charge in [-0.05, 0) is 12.8 Å². The third-order valence-corrected chi connectivity index (χ3v) is 3.56. The maximum Gasteiger partial charge on any atom is 0.304 e. The molecule has 0 saturated carbocycles. The lowest BCUT2D eigenvalue weighted by atomic mass is 10.1. The fraction of sp³-hybridized carbons (Fsp3) is 0.875. The largest absolute Gasteiger partial charge is 0.481 e. The van der Waals surface area contributed by atoms with Crippen molar-refractivity contribution >= 4 is 16.0 Å². The zero-order valence-electron chi connectivity index (χ0n) is 8.80. The van der Waals surface area contributed by atoms with E-state index in [4.69, 9.17) is 10.2 Å². The molecule has 2 atom stereocenters. The summed E-state index contributed by atoms with van der Waals surface area (Å²) in [5.41, 5.74) is 0. The van der Waals surface area contributed by atoms with Gasteiger partial charge in [0, 0.05) is 12.6 Å². The van der Waals surface area contributed by atoms with E-state index in [1.807, 2.05) is 0 Å². The average Bonchev–Trinajstić information content (AvgIpc) is 2.13. The number of aliphatic hydroxyl groups is 1. The van der Waals surface area contributed by atoms with Crippen molar-refractivity contribution in [1.29, 1.82) is 0 Å². The number of carbonyl (C=O) groups is 1. The maximum atomic E-state index is 11.3.